The van der Waals surface area contributed by atoms with Crippen LogP contribution >= 0.6 is 0 Å². The molecule has 1 heterocycles. The van der Waals surface area contributed by atoms with Crippen molar-refractivity contribution in [3.8, 4) is 5.75 Å². The van der Waals surface area contributed by atoms with Gasteiger partial charge in [0.05, 0.1) is 18.1 Å². The van der Waals surface area contributed by atoms with Crippen LogP contribution in [-0.4, -0.2) is 21.0 Å². The molecule has 0 saturated carbocycles. The molecule has 0 aliphatic heterocycles. The molecule has 5 heteroatoms. The number of aryl methyl sites for hydroxylation is 3. The molecule has 0 aliphatic rings. The SMILES string of the molecule is Cc1cn(N=Cc2cc(C)c(C)cc2O)c(N)n1. The molecule has 2 aromatic rings. The molecule has 1 aromatic carbocycles. The zero-order valence-corrected chi connectivity index (χ0v) is 10.7. The van der Waals surface area contributed by atoms with Crippen LogP contribution in [0.1, 0.15) is 22.4 Å². The van der Waals surface area contributed by atoms with Crippen LogP contribution in [0, 0.1) is 20.8 Å². The maximum absolute atomic E-state index is 9.82. The van der Waals surface area contributed by atoms with E-state index in [2.05, 4.69) is 10.1 Å². The fourth-order valence-corrected chi connectivity index (χ4v) is 1.65. The highest BCUT2D eigenvalue weighted by Crippen LogP contribution is 2.20. The van der Waals surface area contributed by atoms with Crippen LogP contribution in [-0.2, 0) is 0 Å². The molecule has 0 unspecified atom stereocenters. The zero-order chi connectivity index (χ0) is 13.3. The maximum atomic E-state index is 9.82. The van der Waals surface area contributed by atoms with Gasteiger partial charge in [-0.2, -0.15) is 5.10 Å². The third kappa shape index (κ3) is 2.34. The molecule has 0 atom stereocenters. The van der Waals surface area contributed by atoms with Crippen molar-refractivity contribution in [3.63, 3.8) is 0 Å². The summed E-state index contributed by atoms with van der Waals surface area (Å²) in [5.41, 5.74) is 9.27. The summed E-state index contributed by atoms with van der Waals surface area (Å²) >= 11 is 0. The van der Waals surface area contributed by atoms with E-state index in [0.717, 1.165) is 16.8 Å². The first kappa shape index (κ1) is 12.2. The minimum Gasteiger partial charge on any atom is -0.507 e. The van der Waals surface area contributed by atoms with Crippen molar-refractivity contribution in [1.29, 1.82) is 0 Å². The molecule has 0 fully saturated rings. The lowest BCUT2D eigenvalue weighted by Gasteiger charge is -2.04. The number of anilines is 1. The van der Waals surface area contributed by atoms with E-state index in [1.54, 1.807) is 18.5 Å². The Morgan fingerprint density at radius 2 is 1.94 bits per heavy atom. The molecule has 5 nitrogen and oxygen atoms in total. The number of phenols is 1. The zero-order valence-electron chi connectivity index (χ0n) is 10.7. The number of nitrogen functional groups attached to an aromatic ring is 1. The van der Waals surface area contributed by atoms with Crippen LogP contribution < -0.4 is 5.73 Å². The van der Waals surface area contributed by atoms with E-state index >= 15 is 0 Å². The summed E-state index contributed by atoms with van der Waals surface area (Å²) in [6.07, 6.45) is 3.29. The lowest BCUT2D eigenvalue weighted by molar-refractivity contribution is 0.474. The van der Waals surface area contributed by atoms with Crippen molar-refractivity contribution in [2.45, 2.75) is 20.8 Å². The summed E-state index contributed by atoms with van der Waals surface area (Å²) in [6.45, 7) is 5.78. The van der Waals surface area contributed by atoms with E-state index in [-0.39, 0.29) is 5.75 Å². The molecular weight excluding hydrogens is 228 g/mol. The standard InChI is InChI=1S/C13H16N4O/c1-8-4-11(12(18)5-9(8)2)6-15-17-7-10(3)16-13(17)14/h4-7,18H,1-3H3,(H2,14,16). The molecular formula is C13H16N4O. The molecule has 1 aromatic heterocycles. The summed E-state index contributed by atoms with van der Waals surface area (Å²) in [7, 11) is 0. The summed E-state index contributed by atoms with van der Waals surface area (Å²) < 4.78 is 1.48. The molecule has 2 rings (SSSR count). The van der Waals surface area contributed by atoms with Crippen LogP contribution in [0.25, 0.3) is 0 Å². The fourth-order valence-electron chi connectivity index (χ4n) is 1.65. The number of aromatic nitrogens is 2. The Hall–Kier alpha value is -2.30. The van der Waals surface area contributed by atoms with Gasteiger partial charge in [0.1, 0.15) is 5.75 Å². The van der Waals surface area contributed by atoms with Gasteiger partial charge in [0.15, 0.2) is 0 Å². The first-order valence-electron chi connectivity index (χ1n) is 5.63. The van der Waals surface area contributed by atoms with Gasteiger partial charge in [-0.05, 0) is 44.0 Å². The van der Waals surface area contributed by atoms with Gasteiger partial charge in [-0.1, -0.05) is 0 Å². The van der Waals surface area contributed by atoms with Crippen LogP contribution in [0.15, 0.2) is 23.4 Å². The molecule has 0 saturated heterocycles. The van der Waals surface area contributed by atoms with Crippen molar-refractivity contribution >= 4 is 12.2 Å². The quantitative estimate of drug-likeness (QED) is 0.793. The van der Waals surface area contributed by atoms with Gasteiger partial charge in [-0.25, -0.2) is 9.66 Å². The number of nitrogens with zero attached hydrogens (tertiary/aromatic N) is 3. The fraction of sp³-hybridized carbons (Fsp3) is 0.231. The predicted octanol–water partition coefficient (Wildman–Crippen LogP) is 1.98. The average molecular weight is 244 g/mol. The van der Waals surface area contributed by atoms with Gasteiger partial charge in [0.2, 0.25) is 5.95 Å². The minimum atomic E-state index is 0.206. The number of phenolic OH excluding ortho intramolecular Hbond substituents is 1. The van der Waals surface area contributed by atoms with Crippen LogP contribution in [0.5, 0.6) is 5.75 Å². The lowest BCUT2D eigenvalue weighted by Crippen LogP contribution is -1.97. The Bertz CT molecular complexity index is 614. The van der Waals surface area contributed by atoms with E-state index < -0.39 is 0 Å². The van der Waals surface area contributed by atoms with Crippen LogP contribution in [0.2, 0.25) is 0 Å². The molecule has 3 N–H and O–H groups in total. The van der Waals surface area contributed by atoms with Crippen molar-refractivity contribution in [2.75, 3.05) is 5.73 Å². The summed E-state index contributed by atoms with van der Waals surface area (Å²) in [4.78, 5) is 4.04. The molecule has 0 aliphatic carbocycles. The summed E-state index contributed by atoms with van der Waals surface area (Å²) in [6, 6.07) is 3.60. The van der Waals surface area contributed by atoms with E-state index in [0.29, 0.717) is 11.5 Å². The first-order chi connectivity index (χ1) is 8.47. The van der Waals surface area contributed by atoms with E-state index in [1.807, 2.05) is 26.8 Å². The van der Waals surface area contributed by atoms with Gasteiger partial charge in [-0.15, -0.1) is 0 Å². The Balaban J connectivity index is 2.34. The number of rotatable bonds is 2. The number of benzene rings is 1. The van der Waals surface area contributed by atoms with Crippen molar-refractivity contribution in [3.05, 3.63) is 40.7 Å². The molecule has 0 amide bonds. The Morgan fingerprint density at radius 3 is 2.56 bits per heavy atom. The minimum absolute atomic E-state index is 0.206. The number of imidazole rings is 1. The Labute approximate surface area is 106 Å². The highest BCUT2D eigenvalue weighted by atomic mass is 16.3. The summed E-state index contributed by atoms with van der Waals surface area (Å²) in [5, 5.41) is 14.0. The van der Waals surface area contributed by atoms with Crippen molar-refractivity contribution < 1.29 is 5.11 Å². The van der Waals surface area contributed by atoms with E-state index in [4.69, 9.17) is 5.73 Å². The van der Waals surface area contributed by atoms with Gasteiger partial charge >= 0.3 is 0 Å². The Morgan fingerprint density at radius 1 is 1.28 bits per heavy atom. The second-order valence-corrected chi connectivity index (χ2v) is 4.32. The largest absolute Gasteiger partial charge is 0.507 e. The number of aromatic hydroxyl groups is 1. The second-order valence-electron chi connectivity index (χ2n) is 4.32. The number of hydrogen-bond acceptors (Lipinski definition) is 4. The third-order valence-corrected chi connectivity index (χ3v) is 2.80. The van der Waals surface area contributed by atoms with E-state index in [9.17, 15) is 5.11 Å². The van der Waals surface area contributed by atoms with Crippen molar-refractivity contribution in [2.24, 2.45) is 5.10 Å². The van der Waals surface area contributed by atoms with Gasteiger partial charge in [0.25, 0.3) is 0 Å². The normalized spacial score (nSPS) is 11.3. The van der Waals surface area contributed by atoms with Crippen LogP contribution in [0.3, 0.4) is 0 Å². The van der Waals surface area contributed by atoms with Crippen molar-refractivity contribution in [1.82, 2.24) is 9.66 Å². The molecule has 18 heavy (non-hydrogen) atoms. The van der Waals surface area contributed by atoms with Gasteiger partial charge < -0.3 is 10.8 Å². The lowest BCUT2D eigenvalue weighted by atomic mass is 10.1. The molecule has 0 spiro atoms. The molecule has 94 valence electrons. The number of hydrogen-bond donors (Lipinski definition) is 2. The first-order valence-corrected chi connectivity index (χ1v) is 5.63. The predicted molar refractivity (Wildman–Crippen MR) is 71.9 cm³/mol. The smallest absolute Gasteiger partial charge is 0.221 e. The highest BCUT2D eigenvalue weighted by Gasteiger charge is 2.03. The van der Waals surface area contributed by atoms with Crippen LogP contribution in [0.4, 0.5) is 5.95 Å². The number of nitrogens with two attached hydrogens (primary N) is 1. The summed E-state index contributed by atoms with van der Waals surface area (Å²) in [5.74, 6) is 0.532. The Kier molecular flexibility index (Phi) is 3.06. The molecule has 0 radical (unpaired) electrons. The van der Waals surface area contributed by atoms with E-state index in [1.165, 1.54) is 4.68 Å². The van der Waals surface area contributed by atoms with Gasteiger partial charge in [0, 0.05) is 5.56 Å². The molecule has 0 bridgehead atoms. The maximum Gasteiger partial charge on any atom is 0.221 e. The average Bonchev–Trinajstić information content (AvgIpc) is 2.61. The third-order valence-electron chi connectivity index (χ3n) is 2.80. The topological polar surface area (TPSA) is 76.4 Å². The van der Waals surface area contributed by atoms with Gasteiger partial charge in [-0.3, -0.25) is 0 Å². The highest BCUT2D eigenvalue weighted by molar-refractivity contribution is 5.84. The monoisotopic (exact) mass is 244 g/mol. The second kappa shape index (κ2) is 4.52.